The minimum Gasteiger partial charge on any atom is -0.307 e. The minimum absolute atomic E-state index is 0.235. The first-order valence-corrected chi connectivity index (χ1v) is 6.50. The van der Waals surface area contributed by atoms with E-state index < -0.39 is 5.69 Å². The minimum atomic E-state index is -0.445. The molecule has 0 bridgehead atoms. The van der Waals surface area contributed by atoms with Gasteiger partial charge < -0.3 is 4.98 Å². The summed E-state index contributed by atoms with van der Waals surface area (Å²) in [5.41, 5.74) is 2.58. The van der Waals surface area contributed by atoms with Crippen molar-refractivity contribution in [3.63, 3.8) is 0 Å². The van der Waals surface area contributed by atoms with Gasteiger partial charge in [0.1, 0.15) is 0 Å². The fraction of sp³-hybridized carbons (Fsp3) is 0.333. The summed E-state index contributed by atoms with van der Waals surface area (Å²) in [5.74, 6) is 0. The van der Waals surface area contributed by atoms with Crippen molar-refractivity contribution in [1.29, 1.82) is 0 Å². The van der Waals surface area contributed by atoms with Gasteiger partial charge in [-0.1, -0.05) is 38.1 Å². The summed E-state index contributed by atoms with van der Waals surface area (Å²) in [7, 11) is 0. The fourth-order valence-electron chi connectivity index (χ4n) is 2.99. The number of hydrogen-bond donors (Lipinski definition) is 2. The normalized spacial score (nSPS) is 20.7. The molecule has 1 atom stereocenters. The number of aromatic amines is 2. The van der Waals surface area contributed by atoms with E-state index in [-0.39, 0.29) is 11.0 Å². The summed E-state index contributed by atoms with van der Waals surface area (Å²) >= 11 is 0. The van der Waals surface area contributed by atoms with Crippen molar-refractivity contribution in [3.05, 3.63) is 56.2 Å². The van der Waals surface area contributed by atoms with Gasteiger partial charge in [-0.3, -0.25) is 9.78 Å². The molecule has 1 aromatic heterocycles. The van der Waals surface area contributed by atoms with Gasteiger partial charge in [-0.15, -0.1) is 0 Å². The highest BCUT2D eigenvalue weighted by Crippen LogP contribution is 2.41. The maximum absolute atomic E-state index is 12.2. The summed E-state index contributed by atoms with van der Waals surface area (Å²) in [6, 6.07) is 7.94. The van der Waals surface area contributed by atoms with Gasteiger partial charge in [-0.05, 0) is 18.4 Å². The number of nitrogens with one attached hydrogen (secondary N) is 2. The van der Waals surface area contributed by atoms with Crippen LogP contribution in [0.25, 0.3) is 11.3 Å². The summed E-state index contributed by atoms with van der Waals surface area (Å²) in [4.78, 5) is 28.9. The molecule has 0 radical (unpaired) electrons. The largest absolute Gasteiger partial charge is 0.326 e. The van der Waals surface area contributed by atoms with Crippen molar-refractivity contribution in [2.24, 2.45) is 0 Å². The molecule has 1 aromatic carbocycles. The molecule has 98 valence electrons. The third-order valence-electron chi connectivity index (χ3n) is 4.19. The van der Waals surface area contributed by atoms with Crippen molar-refractivity contribution in [1.82, 2.24) is 9.97 Å². The summed E-state index contributed by atoms with van der Waals surface area (Å²) in [6.45, 7) is 4.15. The van der Waals surface area contributed by atoms with E-state index >= 15 is 0 Å². The van der Waals surface area contributed by atoms with E-state index in [1.165, 1.54) is 5.56 Å². The maximum atomic E-state index is 12.2. The Hall–Kier alpha value is -2.10. The summed E-state index contributed by atoms with van der Waals surface area (Å²) in [6.07, 6.45) is 1.67. The monoisotopic (exact) mass is 256 g/mol. The molecule has 1 unspecified atom stereocenters. The Morgan fingerprint density at radius 1 is 1.21 bits per heavy atom. The third-order valence-corrected chi connectivity index (χ3v) is 4.19. The van der Waals surface area contributed by atoms with Crippen LogP contribution >= 0.6 is 0 Å². The lowest BCUT2D eigenvalue weighted by Crippen LogP contribution is -2.39. The average molecular weight is 256 g/mol. The molecule has 19 heavy (non-hydrogen) atoms. The first-order valence-electron chi connectivity index (χ1n) is 6.50. The molecule has 2 aromatic rings. The second kappa shape index (κ2) is 3.95. The number of benzene rings is 1. The van der Waals surface area contributed by atoms with Crippen LogP contribution < -0.4 is 11.2 Å². The predicted molar refractivity (Wildman–Crippen MR) is 74.5 cm³/mol. The van der Waals surface area contributed by atoms with Crippen molar-refractivity contribution in [2.45, 2.75) is 32.1 Å². The van der Waals surface area contributed by atoms with Crippen LogP contribution in [0.1, 0.15) is 31.4 Å². The lowest BCUT2D eigenvalue weighted by Gasteiger charge is -2.34. The molecule has 0 aliphatic heterocycles. The topological polar surface area (TPSA) is 65.7 Å². The lowest BCUT2D eigenvalue weighted by molar-refractivity contribution is 0.440. The first kappa shape index (κ1) is 12.0. The molecular weight excluding hydrogens is 240 g/mol. The Balaban J connectivity index is 2.44. The lowest BCUT2D eigenvalue weighted by atomic mass is 9.69. The molecule has 0 saturated carbocycles. The van der Waals surface area contributed by atoms with E-state index in [4.69, 9.17) is 0 Å². The highest BCUT2D eigenvalue weighted by molar-refractivity contribution is 5.71. The van der Waals surface area contributed by atoms with Crippen LogP contribution in [-0.4, -0.2) is 9.97 Å². The maximum Gasteiger partial charge on any atom is 0.326 e. The van der Waals surface area contributed by atoms with E-state index in [0.717, 1.165) is 18.4 Å². The van der Waals surface area contributed by atoms with Crippen LogP contribution in [0.2, 0.25) is 0 Å². The quantitative estimate of drug-likeness (QED) is 0.819. The molecule has 1 aliphatic carbocycles. The number of fused-ring (bicyclic) bond motifs is 3. The molecular formula is C15H16N2O2. The van der Waals surface area contributed by atoms with Gasteiger partial charge in [0.25, 0.3) is 5.56 Å². The highest BCUT2D eigenvalue weighted by atomic mass is 16.2. The van der Waals surface area contributed by atoms with Crippen LogP contribution in [-0.2, 0) is 11.8 Å². The number of rotatable bonds is 1. The summed E-state index contributed by atoms with van der Waals surface area (Å²) in [5, 5.41) is 0. The predicted octanol–water partition coefficient (Wildman–Crippen LogP) is 1.95. The van der Waals surface area contributed by atoms with E-state index in [9.17, 15) is 9.59 Å². The van der Waals surface area contributed by atoms with Gasteiger partial charge in [-0.2, -0.15) is 0 Å². The van der Waals surface area contributed by atoms with Crippen molar-refractivity contribution >= 4 is 0 Å². The Morgan fingerprint density at radius 3 is 2.68 bits per heavy atom. The van der Waals surface area contributed by atoms with Gasteiger partial charge in [0.2, 0.25) is 0 Å². The van der Waals surface area contributed by atoms with E-state index in [2.05, 4.69) is 29.9 Å². The molecule has 4 nitrogen and oxygen atoms in total. The fourth-order valence-corrected chi connectivity index (χ4v) is 2.99. The van der Waals surface area contributed by atoms with Gasteiger partial charge in [0, 0.05) is 16.5 Å². The summed E-state index contributed by atoms with van der Waals surface area (Å²) < 4.78 is 0. The van der Waals surface area contributed by atoms with Crippen LogP contribution in [0.15, 0.2) is 33.9 Å². The zero-order valence-electron chi connectivity index (χ0n) is 11.0. The molecule has 1 aliphatic rings. The number of aromatic nitrogens is 2. The Labute approximate surface area is 110 Å². The van der Waals surface area contributed by atoms with Crippen molar-refractivity contribution < 1.29 is 0 Å². The molecule has 0 amide bonds. The van der Waals surface area contributed by atoms with Crippen molar-refractivity contribution in [2.75, 3.05) is 0 Å². The van der Waals surface area contributed by atoms with Gasteiger partial charge >= 0.3 is 5.69 Å². The van der Waals surface area contributed by atoms with E-state index in [1.807, 2.05) is 18.2 Å². The third kappa shape index (κ3) is 1.67. The Bertz CT molecular complexity index is 757. The highest BCUT2D eigenvalue weighted by Gasteiger charge is 2.36. The van der Waals surface area contributed by atoms with E-state index in [1.54, 1.807) is 0 Å². The Kier molecular flexibility index (Phi) is 2.49. The Morgan fingerprint density at radius 2 is 1.95 bits per heavy atom. The smallest absolute Gasteiger partial charge is 0.307 e. The number of hydrogen-bond acceptors (Lipinski definition) is 2. The first-order chi connectivity index (χ1) is 9.05. The molecule has 4 heteroatoms. The average Bonchev–Trinajstić information content (AvgIpc) is 2.38. The second-order valence-electron chi connectivity index (χ2n) is 5.41. The standard InChI is InChI=1S/C15H16N2O2/c1-3-15(2)8-9-6-4-5-7-10(9)12-11(15)13(18)17-14(19)16-12/h4-7H,3,8H2,1-2H3,(H2,16,17,18,19). The second-order valence-corrected chi connectivity index (χ2v) is 5.41. The molecule has 2 N–H and O–H groups in total. The molecule has 1 heterocycles. The number of H-pyrrole nitrogens is 2. The van der Waals surface area contributed by atoms with Gasteiger partial charge in [0.05, 0.1) is 5.69 Å². The molecule has 3 rings (SSSR count). The van der Waals surface area contributed by atoms with Crippen LogP contribution in [0.3, 0.4) is 0 Å². The van der Waals surface area contributed by atoms with Crippen LogP contribution in [0.5, 0.6) is 0 Å². The molecule has 0 spiro atoms. The molecule has 0 saturated heterocycles. The van der Waals surface area contributed by atoms with Crippen molar-refractivity contribution in [3.8, 4) is 11.3 Å². The van der Waals surface area contributed by atoms with Gasteiger partial charge in [-0.25, -0.2) is 4.79 Å². The zero-order chi connectivity index (χ0) is 13.6. The molecule has 0 fully saturated rings. The van der Waals surface area contributed by atoms with E-state index in [0.29, 0.717) is 11.3 Å². The SMILES string of the molecule is CCC1(C)Cc2ccccc2-c2[nH]c(=O)[nH]c(=O)c21. The van der Waals surface area contributed by atoms with Crippen LogP contribution in [0, 0.1) is 0 Å². The zero-order valence-corrected chi connectivity index (χ0v) is 11.0. The van der Waals surface area contributed by atoms with Gasteiger partial charge in [0.15, 0.2) is 0 Å². The van der Waals surface area contributed by atoms with Crippen LogP contribution in [0.4, 0.5) is 0 Å².